The third-order valence-corrected chi connectivity index (χ3v) is 3.85. The molecule has 8 heteroatoms. The molecule has 1 unspecified atom stereocenters. The average molecular weight is 462 g/mol. The second-order valence-electron chi connectivity index (χ2n) is 5.26. The Morgan fingerprint density at radius 2 is 1.79 bits per heavy atom. The van der Waals surface area contributed by atoms with E-state index in [2.05, 4.69) is 21.2 Å². The molecule has 2 rings (SSSR count). The second-order valence-corrected chi connectivity index (χ2v) is 6.18. The van der Waals surface area contributed by atoms with Crippen molar-refractivity contribution in [3.8, 4) is 5.75 Å². The lowest BCUT2D eigenvalue weighted by Crippen LogP contribution is -2.28. The number of hydrogen-bond acceptors (Lipinski definition) is 4. The molecule has 154 valence electrons. The van der Waals surface area contributed by atoms with Gasteiger partial charge in [0.1, 0.15) is 11.8 Å². The fourth-order valence-corrected chi connectivity index (χ4v) is 2.57. The molecule has 0 aromatic heterocycles. The van der Waals surface area contributed by atoms with Gasteiger partial charge in [-0.15, -0.1) is 0 Å². The van der Waals surface area contributed by atoms with Gasteiger partial charge < -0.3 is 14.8 Å². The van der Waals surface area contributed by atoms with Crippen LogP contribution in [0.1, 0.15) is 32.4 Å². The van der Waals surface area contributed by atoms with E-state index in [1.54, 1.807) is 19.1 Å². The van der Waals surface area contributed by atoms with Gasteiger partial charge in [-0.1, -0.05) is 60.1 Å². The molecule has 0 aliphatic carbocycles. The highest BCUT2D eigenvalue weighted by Crippen LogP contribution is 2.38. The zero-order valence-electron chi connectivity index (χ0n) is 15.8. The van der Waals surface area contributed by atoms with Crippen LogP contribution in [0.3, 0.4) is 0 Å². The molecule has 0 radical (unpaired) electrons. The first kappa shape index (κ1) is 23.8. The van der Waals surface area contributed by atoms with Crippen molar-refractivity contribution in [1.82, 2.24) is 0 Å². The van der Waals surface area contributed by atoms with Crippen LogP contribution >= 0.6 is 15.9 Å². The summed E-state index contributed by atoms with van der Waals surface area (Å²) in [7, 11) is 0. The molecule has 1 N–H and O–H groups in total. The van der Waals surface area contributed by atoms with Crippen LogP contribution in [-0.4, -0.2) is 25.4 Å². The lowest BCUT2D eigenvalue weighted by Gasteiger charge is -2.24. The summed E-state index contributed by atoms with van der Waals surface area (Å²) in [6.45, 7) is 5.44. The van der Waals surface area contributed by atoms with E-state index in [9.17, 15) is 18.0 Å². The number of rotatable bonds is 7. The standard InChI is InChI=1S/C18H17BrF3NO3.C2H6/c1-2-25-16(24)11-26-15-10-13(19)8-9-14(15)23-17(18(20,21)22)12-6-4-3-5-7-12;1-2/h3-10,17,23H,2,11H2,1H3;1-2H3. The zero-order chi connectivity index (χ0) is 21.2. The largest absolute Gasteiger partial charge is 0.480 e. The summed E-state index contributed by atoms with van der Waals surface area (Å²) in [4.78, 5) is 11.5. The van der Waals surface area contributed by atoms with Crippen molar-refractivity contribution in [2.24, 2.45) is 0 Å². The molecule has 0 amide bonds. The Morgan fingerprint density at radius 1 is 1.14 bits per heavy atom. The van der Waals surface area contributed by atoms with E-state index in [0.29, 0.717) is 4.47 Å². The van der Waals surface area contributed by atoms with Crippen LogP contribution in [0.2, 0.25) is 0 Å². The van der Waals surface area contributed by atoms with Gasteiger partial charge in [-0.3, -0.25) is 0 Å². The molecule has 2 aromatic rings. The first-order chi connectivity index (χ1) is 13.3. The minimum Gasteiger partial charge on any atom is -0.480 e. The van der Waals surface area contributed by atoms with Crippen LogP contribution in [0.15, 0.2) is 53.0 Å². The van der Waals surface area contributed by atoms with Crippen molar-refractivity contribution in [3.63, 3.8) is 0 Å². The Labute approximate surface area is 171 Å². The number of nitrogens with one attached hydrogen (secondary N) is 1. The van der Waals surface area contributed by atoms with Crippen molar-refractivity contribution in [1.29, 1.82) is 0 Å². The topological polar surface area (TPSA) is 47.6 Å². The smallest absolute Gasteiger partial charge is 0.412 e. The molecule has 0 spiro atoms. The monoisotopic (exact) mass is 461 g/mol. The lowest BCUT2D eigenvalue weighted by atomic mass is 10.1. The molecule has 0 fully saturated rings. The molecule has 28 heavy (non-hydrogen) atoms. The van der Waals surface area contributed by atoms with Crippen molar-refractivity contribution >= 4 is 27.6 Å². The van der Waals surface area contributed by atoms with Gasteiger partial charge in [0, 0.05) is 4.47 Å². The van der Waals surface area contributed by atoms with Crippen LogP contribution in [0.4, 0.5) is 18.9 Å². The highest BCUT2D eigenvalue weighted by Gasteiger charge is 2.41. The fraction of sp³-hybridized carbons (Fsp3) is 0.350. The summed E-state index contributed by atoms with van der Waals surface area (Å²) in [5, 5.41) is 2.46. The van der Waals surface area contributed by atoms with E-state index >= 15 is 0 Å². The lowest BCUT2D eigenvalue weighted by molar-refractivity contribution is -0.146. The summed E-state index contributed by atoms with van der Waals surface area (Å²) in [5.74, 6) is -0.494. The number of anilines is 1. The Bertz CT molecular complexity index is 739. The number of hydrogen-bond donors (Lipinski definition) is 1. The number of carbonyl (C=O) groups excluding carboxylic acids is 1. The van der Waals surface area contributed by atoms with E-state index < -0.39 is 24.8 Å². The van der Waals surface area contributed by atoms with Crippen LogP contribution in [0.25, 0.3) is 0 Å². The molecule has 0 aliphatic heterocycles. The SMILES string of the molecule is CC.CCOC(=O)COc1cc(Br)ccc1NC(c1ccccc1)C(F)(F)F. The van der Waals surface area contributed by atoms with Gasteiger partial charge in [0.15, 0.2) is 6.61 Å². The number of carbonyl (C=O) groups is 1. The van der Waals surface area contributed by atoms with Crippen molar-refractivity contribution in [2.45, 2.75) is 33.0 Å². The highest BCUT2D eigenvalue weighted by molar-refractivity contribution is 9.10. The van der Waals surface area contributed by atoms with Gasteiger partial charge in [0.25, 0.3) is 0 Å². The normalized spacial score (nSPS) is 11.7. The fourth-order valence-electron chi connectivity index (χ4n) is 2.23. The average Bonchev–Trinajstić information content (AvgIpc) is 2.67. The van der Waals surface area contributed by atoms with Gasteiger partial charge in [-0.05, 0) is 30.7 Å². The third kappa shape index (κ3) is 7.42. The molecule has 2 aromatic carbocycles. The summed E-state index contributed by atoms with van der Waals surface area (Å²) < 4.78 is 51.3. The molecule has 0 saturated carbocycles. The molecule has 0 saturated heterocycles. The molecule has 0 aliphatic rings. The summed E-state index contributed by atoms with van der Waals surface area (Å²) >= 11 is 3.24. The van der Waals surface area contributed by atoms with E-state index in [1.807, 2.05) is 13.8 Å². The van der Waals surface area contributed by atoms with Gasteiger partial charge in [-0.2, -0.15) is 13.2 Å². The molecule has 0 bridgehead atoms. The number of esters is 1. The first-order valence-corrected chi connectivity index (χ1v) is 9.56. The highest BCUT2D eigenvalue weighted by atomic mass is 79.9. The maximum atomic E-state index is 13.5. The first-order valence-electron chi connectivity index (χ1n) is 8.77. The van der Waals surface area contributed by atoms with Crippen molar-refractivity contribution in [2.75, 3.05) is 18.5 Å². The van der Waals surface area contributed by atoms with Gasteiger partial charge in [0.2, 0.25) is 0 Å². The van der Waals surface area contributed by atoms with E-state index in [-0.39, 0.29) is 23.6 Å². The quantitative estimate of drug-likeness (QED) is 0.503. The number of alkyl halides is 3. The van der Waals surface area contributed by atoms with Crippen molar-refractivity contribution in [3.05, 3.63) is 58.6 Å². The van der Waals surface area contributed by atoms with Crippen LogP contribution in [-0.2, 0) is 9.53 Å². The summed E-state index contributed by atoms with van der Waals surface area (Å²) in [6, 6.07) is 10.1. The Morgan fingerprint density at radius 3 is 2.36 bits per heavy atom. The van der Waals surface area contributed by atoms with Crippen LogP contribution in [0, 0.1) is 0 Å². The molecular weight excluding hydrogens is 439 g/mol. The van der Waals surface area contributed by atoms with E-state index in [0.717, 1.165) is 0 Å². The van der Waals surface area contributed by atoms with Gasteiger partial charge in [0.05, 0.1) is 12.3 Å². The molecule has 1 atom stereocenters. The van der Waals surface area contributed by atoms with Crippen LogP contribution in [0.5, 0.6) is 5.75 Å². The maximum Gasteiger partial charge on any atom is 0.412 e. The van der Waals surface area contributed by atoms with Gasteiger partial charge in [-0.25, -0.2) is 4.79 Å². The summed E-state index contributed by atoms with van der Waals surface area (Å²) in [6.07, 6.45) is -4.52. The van der Waals surface area contributed by atoms with E-state index in [1.165, 1.54) is 36.4 Å². The van der Waals surface area contributed by atoms with Gasteiger partial charge >= 0.3 is 12.1 Å². The Balaban J connectivity index is 0.00000190. The molecule has 4 nitrogen and oxygen atoms in total. The minimum atomic E-state index is -4.52. The third-order valence-electron chi connectivity index (χ3n) is 3.35. The second kappa shape index (κ2) is 11.6. The predicted octanol–water partition coefficient (Wildman–Crippen LogP) is 6.13. The maximum absolute atomic E-state index is 13.5. The number of halogens is 4. The zero-order valence-corrected chi connectivity index (χ0v) is 17.4. The molecule has 0 heterocycles. The minimum absolute atomic E-state index is 0.0688. The Kier molecular flexibility index (Phi) is 9.85. The van der Waals surface area contributed by atoms with Crippen molar-refractivity contribution < 1.29 is 27.4 Å². The summed E-state index contributed by atoms with van der Waals surface area (Å²) in [5.41, 5.74) is 0.183. The Hall–Kier alpha value is -2.22. The van der Waals surface area contributed by atoms with E-state index in [4.69, 9.17) is 9.47 Å². The predicted molar refractivity (Wildman–Crippen MR) is 106 cm³/mol. The number of benzene rings is 2. The molecular formula is C20H23BrF3NO3. The number of ether oxygens (including phenoxy) is 2. The van der Waals surface area contributed by atoms with Crippen LogP contribution < -0.4 is 10.1 Å².